The normalized spacial score (nSPS) is 19.7. The summed E-state index contributed by atoms with van der Waals surface area (Å²) >= 11 is 13.5. The lowest BCUT2D eigenvalue weighted by atomic mass is 9.97. The Hall–Kier alpha value is -2.22. The molecule has 1 N–H and O–H groups in total. The molecule has 2 aromatic rings. The first-order valence-corrected chi connectivity index (χ1v) is 13.3. The molecule has 4 rings (SSSR count). The van der Waals surface area contributed by atoms with Crippen molar-refractivity contribution >= 4 is 29.1 Å². The average Bonchev–Trinajstić information content (AvgIpc) is 3.16. The number of aromatic nitrogens is 1. The Morgan fingerprint density at radius 3 is 2.44 bits per heavy atom. The van der Waals surface area contributed by atoms with Gasteiger partial charge >= 0.3 is 0 Å². The number of ether oxygens (including phenoxy) is 2. The number of carbonyl (C=O) groups is 1. The highest BCUT2D eigenvalue weighted by atomic mass is 35.5. The van der Waals surface area contributed by atoms with E-state index in [0.29, 0.717) is 58.6 Å². The van der Waals surface area contributed by atoms with Gasteiger partial charge in [-0.05, 0) is 70.8 Å². The zero-order valence-electron chi connectivity index (χ0n) is 21.9. The fourth-order valence-corrected chi connectivity index (χ4v) is 5.93. The number of H-pyrrole nitrogens is 1. The van der Waals surface area contributed by atoms with E-state index >= 15 is 0 Å². The third kappa shape index (κ3) is 4.98. The number of pyridine rings is 1. The minimum Gasteiger partial charge on any atom is -0.447 e. The molecule has 0 spiro atoms. The van der Waals surface area contributed by atoms with Gasteiger partial charge in [0.2, 0.25) is 5.79 Å². The summed E-state index contributed by atoms with van der Waals surface area (Å²) in [5, 5.41) is 0.599. The molecular formula is C27H35Cl2N3O4. The number of aryl methyl sites for hydroxylation is 2. The second-order valence-corrected chi connectivity index (χ2v) is 11.1. The van der Waals surface area contributed by atoms with Gasteiger partial charge in [-0.2, -0.15) is 0 Å². The van der Waals surface area contributed by atoms with Gasteiger partial charge in [0, 0.05) is 37.2 Å². The smallest absolute Gasteiger partial charge is 0.256 e. The zero-order valence-corrected chi connectivity index (χ0v) is 23.4. The number of nitrogens with zero attached hydrogens (tertiary/aromatic N) is 2. The summed E-state index contributed by atoms with van der Waals surface area (Å²) in [7, 11) is 4.18. The second-order valence-electron chi connectivity index (χ2n) is 10.3. The van der Waals surface area contributed by atoms with Gasteiger partial charge in [0.05, 0.1) is 22.2 Å². The molecule has 1 amide bonds. The van der Waals surface area contributed by atoms with Gasteiger partial charge in [-0.3, -0.25) is 9.59 Å². The van der Waals surface area contributed by atoms with Crippen molar-refractivity contribution in [1.82, 2.24) is 14.8 Å². The van der Waals surface area contributed by atoms with Crippen molar-refractivity contribution in [2.75, 3.05) is 20.6 Å². The zero-order chi connectivity index (χ0) is 26.4. The van der Waals surface area contributed by atoms with Crippen LogP contribution in [0.4, 0.5) is 0 Å². The number of amides is 1. The van der Waals surface area contributed by atoms with Crippen LogP contribution in [-0.2, 0) is 13.0 Å². The van der Waals surface area contributed by atoms with Crippen LogP contribution in [0.2, 0.25) is 10.0 Å². The van der Waals surface area contributed by atoms with E-state index in [1.807, 2.05) is 26.8 Å². The van der Waals surface area contributed by atoms with E-state index in [4.69, 9.17) is 32.7 Å². The van der Waals surface area contributed by atoms with Gasteiger partial charge < -0.3 is 24.3 Å². The topological polar surface area (TPSA) is 74.9 Å². The Kier molecular flexibility index (Phi) is 7.65. The van der Waals surface area contributed by atoms with Gasteiger partial charge in [-0.15, -0.1) is 0 Å². The SMILES string of the molecule is CCC(CCCC1(C)Oc2c(Cl)c3c(c(Cl)c2O1)C(=O)N(Cc1c(C)cc(C)[nH]c1=O)CC3)N(C)C. The molecule has 0 bridgehead atoms. The van der Waals surface area contributed by atoms with Gasteiger partial charge in [0.1, 0.15) is 0 Å². The molecule has 9 heteroatoms. The van der Waals surface area contributed by atoms with Crippen molar-refractivity contribution < 1.29 is 14.3 Å². The number of halogens is 2. The molecule has 2 aliphatic heterocycles. The van der Waals surface area contributed by atoms with Crippen LogP contribution in [0.3, 0.4) is 0 Å². The Balaban J connectivity index is 1.57. The fraction of sp³-hybridized carbons (Fsp3) is 0.556. The number of hydrogen-bond donors (Lipinski definition) is 1. The molecule has 0 saturated carbocycles. The minimum atomic E-state index is -0.904. The predicted molar refractivity (Wildman–Crippen MR) is 143 cm³/mol. The van der Waals surface area contributed by atoms with Crippen LogP contribution >= 0.6 is 23.2 Å². The maximum atomic E-state index is 13.6. The summed E-state index contributed by atoms with van der Waals surface area (Å²) in [6, 6.07) is 2.40. The van der Waals surface area contributed by atoms with Crippen LogP contribution in [0.25, 0.3) is 0 Å². The van der Waals surface area contributed by atoms with Crippen molar-refractivity contribution in [3.05, 3.63) is 54.4 Å². The molecule has 2 unspecified atom stereocenters. The van der Waals surface area contributed by atoms with Crippen LogP contribution in [-0.4, -0.2) is 53.2 Å². The maximum absolute atomic E-state index is 13.6. The van der Waals surface area contributed by atoms with Crippen LogP contribution in [0, 0.1) is 13.8 Å². The first-order valence-electron chi connectivity index (χ1n) is 12.5. The third-order valence-corrected chi connectivity index (χ3v) is 8.13. The van der Waals surface area contributed by atoms with Crippen molar-refractivity contribution in [3.63, 3.8) is 0 Å². The van der Waals surface area contributed by atoms with E-state index in [1.165, 1.54) is 0 Å². The van der Waals surface area contributed by atoms with E-state index in [0.717, 1.165) is 30.5 Å². The molecule has 2 aliphatic rings. The molecular weight excluding hydrogens is 501 g/mol. The highest BCUT2D eigenvalue weighted by Crippen LogP contribution is 2.54. The van der Waals surface area contributed by atoms with Gasteiger partial charge in [-0.1, -0.05) is 30.1 Å². The number of nitrogens with one attached hydrogen (secondary N) is 1. The lowest BCUT2D eigenvalue weighted by Gasteiger charge is -2.30. The number of hydrogen-bond acceptors (Lipinski definition) is 5. The molecule has 196 valence electrons. The predicted octanol–water partition coefficient (Wildman–Crippen LogP) is 5.49. The number of aromatic amines is 1. The second kappa shape index (κ2) is 10.3. The summed E-state index contributed by atoms with van der Waals surface area (Å²) in [5.74, 6) is -0.435. The standard InChI is InChI=1S/C27H35Cl2N3O4/c1-7-17(31(5)6)9-8-11-27(4)35-23-21(28)18-10-12-32(26(34)20(18)22(29)24(23)36-27)14-19-15(2)13-16(3)30-25(19)33/h13,17H,7-12,14H2,1-6H3,(H,30,33). The van der Waals surface area contributed by atoms with Gasteiger partial charge in [-0.25, -0.2) is 0 Å². The van der Waals surface area contributed by atoms with Crippen molar-refractivity contribution in [2.45, 2.75) is 78.2 Å². The summed E-state index contributed by atoms with van der Waals surface area (Å²) in [6.45, 7) is 8.41. The van der Waals surface area contributed by atoms with Crippen LogP contribution in [0.5, 0.6) is 11.5 Å². The summed E-state index contributed by atoms with van der Waals surface area (Å²) in [4.78, 5) is 32.8. The Bertz CT molecular complexity index is 1240. The highest BCUT2D eigenvalue weighted by Gasteiger charge is 2.43. The maximum Gasteiger partial charge on any atom is 0.256 e. The molecule has 36 heavy (non-hydrogen) atoms. The number of benzene rings is 1. The molecule has 3 heterocycles. The van der Waals surface area contributed by atoms with Crippen LogP contribution < -0.4 is 15.0 Å². The summed E-state index contributed by atoms with van der Waals surface area (Å²) in [6.07, 6.45) is 4.18. The molecule has 0 saturated heterocycles. The largest absolute Gasteiger partial charge is 0.447 e. The molecule has 2 atom stereocenters. The number of fused-ring (bicyclic) bond motifs is 2. The van der Waals surface area contributed by atoms with E-state index in [9.17, 15) is 9.59 Å². The lowest BCUT2D eigenvalue weighted by molar-refractivity contribution is -0.0703. The monoisotopic (exact) mass is 535 g/mol. The number of carbonyl (C=O) groups excluding carboxylic acids is 1. The van der Waals surface area contributed by atoms with Crippen molar-refractivity contribution in [1.29, 1.82) is 0 Å². The van der Waals surface area contributed by atoms with Crippen LogP contribution in [0.1, 0.15) is 72.3 Å². The van der Waals surface area contributed by atoms with Crippen molar-refractivity contribution in [2.24, 2.45) is 0 Å². The molecule has 7 nitrogen and oxygen atoms in total. The van der Waals surface area contributed by atoms with Gasteiger partial charge in [0.15, 0.2) is 11.5 Å². The third-order valence-electron chi connectivity index (χ3n) is 7.37. The van der Waals surface area contributed by atoms with E-state index in [2.05, 4.69) is 30.9 Å². The van der Waals surface area contributed by atoms with Crippen LogP contribution in [0.15, 0.2) is 10.9 Å². The molecule has 0 fully saturated rings. The molecule has 0 radical (unpaired) electrons. The lowest BCUT2D eigenvalue weighted by Crippen LogP contribution is -2.39. The van der Waals surface area contributed by atoms with E-state index in [-0.39, 0.29) is 23.0 Å². The number of rotatable bonds is 8. The Labute approximate surface area is 222 Å². The van der Waals surface area contributed by atoms with Gasteiger partial charge in [0.25, 0.3) is 11.5 Å². The van der Waals surface area contributed by atoms with Crippen molar-refractivity contribution in [3.8, 4) is 11.5 Å². The fourth-order valence-electron chi connectivity index (χ4n) is 5.30. The summed E-state index contributed by atoms with van der Waals surface area (Å²) in [5.41, 5.74) is 3.02. The average molecular weight is 537 g/mol. The van der Waals surface area contributed by atoms with E-state index < -0.39 is 5.79 Å². The summed E-state index contributed by atoms with van der Waals surface area (Å²) < 4.78 is 12.4. The Morgan fingerprint density at radius 1 is 1.17 bits per heavy atom. The molecule has 1 aromatic carbocycles. The molecule has 0 aliphatic carbocycles. The first-order chi connectivity index (χ1) is 17.0. The Morgan fingerprint density at radius 2 is 1.83 bits per heavy atom. The highest BCUT2D eigenvalue weighted by molar-refractivity contribution is 6.39. The molecule has 1 aromatic heterocycles. The van der Waals surface area contributed by atoms with E-state index in [1.54, 1.807) is 4.90 Å². The minimum absolute atomic E-state index is 0.184. The first kappa shape index (κ1) is 26.8. The quantitative estimate of drug-likeness (QED) is 0.483.